The van der Waals surface area contributed by atoms with E-state index in [-0.39, 0.29) is 34.6 Å². The number of hydrazone groups is 1. The molecule has 1 amide bonds. The van der Waals surface area contributed by atoms with Gasteiger partial charge in [0.15, 0.2) is 6.61 Å². The molecule has 0 aromatic heterocycles. The van der Waals surface area contributed by atoms with Gasteiger partial charge >= 0.3 is 0 Å². The van der Waals surface area contributed by atoms with Crippen LogP contribution in [0, 0.1) is 10.1 Å². The number of rotatable bonds is 6. The van der Waals surface area contributed by atoms with Crippen LogP contribution in [-0.2, 0) is 15.6 Å². The lowest BCUT2D eigenvalue weighted by molar-refractivity contribution is -0.384. The van der Waals surface area contributed by atoms with Crippen LogP contribution in [0.2, 0.25) is 0 Å². The summed E-state index contributed by atoms with van der Waals surface area (Å²) in [5.74, 6) is -0.0170. The summed E-state index contributed by atoms with van der Waals surface area (Å²) in [5.41, 5.74) is 4.04. The molecular weight excluding hydrogens is 398 g/mol. The van der Waals surface area contributed by atoms with Crippen molar-refractivity contribution in [2.75, 3.05) is 6.61 Å². The smallest absolute Gasteiger partial charge is 0.277 e. The summed E-state index contributed by atoms with van der Waals surface area (Å²) in [4.78, 5) is 22.3. The van der Waals surface area contributed by atoms with E-state index in [9.17, 15) is 20.0 Å². The van der Waals surface area contributed by atoms with Crippen molar-refractivity contribution in [1.29, 1.82) is 0 Å². The van der Waals surface area contributed by atoms with Crippen molar-refractivity contribution in [1.82, 2.24) is 5.43 Å². The Morgan fingerprint density at radius 2 is 1.71 bits per heavy atom. The van der Waals surface area contributed by atoms with Crippen molar-refractivity contribution in [3.63, 3.8) is 0 Å². The Morgan fingerprint density at radius 1 is 1.13 bits per heavy atom. The van der Waals surface area contributed by atoms with Gasteiger partial charge in [0.2, 0.25) is 0 Å². The second-order valence-corrected chi connectivity index (χ2v) is 9.30. The van der Waals surface area contributed by atoms with Gasteiger partial charge in [-0.15, -0.1) is 0 Å². The van der Waals surface area contributed by atoms with Gasteiger partial charge in [0, 0.05) is 17.2 Å². The number of phenolic OH excluding ortho intramolecular Hbond substituents is 1. The number of carbonyl (C=O) groups is 1. The fraction of sp³-hybridized carbons (Fsp3) is 0.391. The number of nitro groups is 1. The van der Waals surface area contributed by atoms with Crippen molar-refractivity contribution < 1.29 is 19.6 Å². The van der Waals surface area contributed by atoms with Crippen molar-refractivity contribution in [2.45, 2.75) is 52.4 Å². The van der Waals surface area contributed by atoms with E-state index < -0.39 is 10.8 Å². The molecule has 8 nitrogen and oxygen atoms in total. The Morgan fingerprint density at radius 3 is 2.23 bits per heavy atom. The molecule has 2 N–H and O–H groups in total. The molecular formula is C23H29N3O5. The Labute approximate surface area is 182 Å². The van der Waals surface area contributed by atoms with Gasteiger partial charge in [0.1, 0.15) is 11.5 Å². The molecule has 166 valence electrons. The highest BCUT2D eigenvalue weighted by molar-refractivity contribution is 5.84. The van der Waals surface area contributed by atoms with E-state index in [2.05, 4.69) is 10.5 Å². The van der Waals surface area contributed by atoms with Crippen LogP contribution in [0.4, 0.5) is 5.69 Å². The molecule has 0 heterocycles. The maximum atomic E-state index is 12.0. The van der Waals surface area contributed by atoms with Gasteiger partial charge in [-0.05, 0) is 34.6 Å². The van der Waals surface area contributed by atoms with Gasteiger partial charge in [0.05, 0.1) is 17.2 Å². The highest BCUT2D eigenvalue weighted by Gasteiger charge is 2.26. The molecule has 0 atom stereocenters. The number of hydrogen-bond donors (Lipinski definition) is 2. The van der Waals surface area contributed by atoms with E-state index in [1.807, 2.05) is 53.7 Å². The number of aromatic hydroxyl groups is 1. The van der Waals surface area contributed by atoms with Crippen LogP contribution < -0.4 is 10.2 Å². The highest BCUT2D eigenvalue weighted by atomic mass is 16.6. The standard InChI is InChI=1S/C23H29N3O5/c1-22(2,3)18-10-15(11-19(21(18)28)23(4,5)6)13-24-25-20(27)14-31-17-9-7-8-16(12-17)26(29)30/h7-13,28H,14H2,1-6H3,(H,25,27)/b24-13+. The molecule has 0 saturated carbocycles. The summed E-state index contributed by atoms with van der Waals surface area (Å²) in [6, 6.07) is 9.29. The van der Waals surface area contributed by atoms with E-state index in [0.717, 1.165) is 16.7 Å². The van der Waals surface area contributed by atoms with Crippen LogP contribution in [0.3, 0.4) is 0 Å². The normalized spacial score (nSPS) is 12.1. The van der Waals surface area contributed by atoms with Gasteiger partial charge in [-0.2, -0.15) is 5.10 Å². The molecule has 0 fully saturated rings. The first-order chi connectivity index (χ1) is 14.3. The van der Waals surface area contributed by atoms with Gasteiger partial charge in [-0.1, -0.05) is 47.6 Å². The average Bonchev–Trinajstić information content (AvgIpc) is 2.65. The number of benzene rings is 2. The van der Waals surface area contributed by atoms with Crippen LogP contribution in [-0.4, -0.2) is 28.8 Å². The second-order valence-electron chi connectivity index (χ2n) is 9.30. The van der Waals surface area contributed by atoms with E-state index in [0.29, 0.717) is 0 Å². The SMILES string of the molecule is CC(C)(C)c1cc(/C=N/NC(=O)COc2cccc([N+](=O)[O-])c2)cc(C(C)(C)C)c1O. The molecule has 2 rings (SSSR count). The minimum atomic E-state index is -0.535. The van der Waals surface area contributed by atoms with Gasteiger partial charge in [0.25, 0.3) is 11.6 Å². The number of non-ortho nitro benzene ring substituents is 1. The molecule has 31 heavy (non-hydrogen) atoms. The van der Waals surface area contributed by atoms with E-state index >= 15 is 0 Å². The predicted octanol–water partition coefficient (Wildman–Crippen LogP) is 4.42. The zero-order valence-electron chi connectivity index (χ0n) is 18.7. The number of amides is 1. The summed E-state index contributed by atoms with van der Waals surface area (Å²) in [7, 11) is 0. The molecule has 0 radical (unpaired) electrons. The van der Waals surface area contributed by atoms with Crippen molar-refractivity contribution >= 4 is 17.8 Å². The van der Waals surface area contributed by atoms with Gasteiger partial charge < -0.3 is 9.84 Å². The summed E-state index contributed by atoms with van der Waals surface area (Å²) >= 11 is 0. The fourth-order valence-electron chi connectivity index (χ4n) is 2.92. The Kier molecular flexibility index (Phi) is 7.05. The molecule has 0 aliphatic heterocycles. The first-order valence-corrected chi connectivity index (χ1v) is 9.86. The fourth-order valence-corrected chi connectivity index (χ4v) is 2.92. The van der Waals surface area contributed by atoms with Crippen LogP contribution in [0.25, 0.3) is 0 Å². The molecule has 2 aromatic carbocycles. The minimum absolute atomic E-state index is 0.118. The maximum Gasteiger partial charge on any atom is 0.277 e. The van der Waals surface area contributed by atoms with Crippen molar-refractivity contribution in [3.8, 4) is 11.5 Å². The third-order valence-corrected chi connectivity index (χ3v) is 4.55. The number of ether oxygens (including phenoxy) is 1. The topological polar surface area (TPSA) is 114 Å². The largest absolute Gasteiger partial charge is 0.507 e. The van der Waals surface area contributed by atoms with Crippen LogP contribution in [0.5, 0.6) is 11.5 Å². The summed E-state index contributed by atoms with van der Waals surface area (Å²) in [6.07, 6.45) is 1.51. The average molecular weight is 428 g/mol. The summed E-state index contributed by atoms with van der Waals surface area (Å²) in [5, 5.41) is 25.5. The quantitative estimate of drug-likeness (QED) is 0.402. The van der Waals surface area contributed by atoms with E-state index in [1.165, 1.54) is 30.5 Å². The Hall–Kier alpha value is -3.42. The summed E-state index contributed by atoms with van der Waals surface area (Å²) < 4.78 is 5.28. The van der Waals surface area contributed by atoms with Gasteiger partial charge in [-0.25, -0.2) is 5.43 Å². The third kappa shape index (κ3) is 6.53. The molecule has 0 saturated heterocycles. The van der Waals surface area contributed by atoms with Crippen LogP contribution in [0.15, 0.2) is 41.5 Å². The maximum absolute atomic E-state index is 12.0. The lowest BCUT2D eigenvalue weighted by atomic mass is 9.78. The van der Waals surface area contributed by atoms with Gasteiger partial charge in [-0.3, -0.25) is 14.9 Å². The first kappa shape index (κ1) is 23.9. The molecule has 0 bridgehead atoms. The lowest BCUT2D eigenvalue weighted by Crippen LogP contribution is -2.24. The minimum Gasteiger partial charge on any atom is -0.507 e. The molecule has 8 heteroatoms. The van der Waals surface area contributed by atoms with E-state index in [4.69, 9.17) is 4.74 Å². The molecule has 0 aliphatic carbocycles. The number of nitro benzene ring substituents is 1. The molecule has 0 aliphatic rings. The molecule has 2 aromatic rings. The van der Waals surface area contributed by atoms with Crippen LogP contribution in [0.1, 0.15) is 58.2 Å². The lowest BCUT2D eigenvalue weighted by Gasteiger charge is -2.27. The number of nitrogens with zero attached hydrogens (tertiary/aromatic N) is 2. The predicted molar refractivity (Wildman–Crippen MR) is 120 cm³/mol. The number of hydrogen-bond acceptors (Lipinski definition) is 6. The zero-order chi connectivity index (χ0) is 23.4. The third-order valence-electron chi connectivity index (χ3n) is 4.55. The zero-order valence-corrected chi connectivity index (χ0v) is 18.7. The Balaban J connectivity index is 2.10. The number of carbonyl (C=O) groups excluding carboxylic acids is 1. The highest BCUT2D eigenvalue weighted by Crippen LogP contribution is 2.39. The molecule has 0 unspecified atom stereocenters. The Bertz CT molecular complexity index is 966. The van der Waals surface area contributed by atoms with Crippen molar-refractivity contribution in [2.24, 2.45) is 5.10 Å². The second kappa shape index (κ2) is 9.16. The molecule has 0 spiro atoms. The number of phenols is 1. The van der Waals surface area contributed by atoms with E-state index in [1.54, 1.807) is 0 Å². The van der Waals surface area contributed by atoms with Crippen molar-refractivity contribution in [3.05, 3.63) is 63.2 Å². The van der Waals surface area contributed by atoms with Crippen LogP contribution >= 0.6 is 0 Å². The monoisotopic (exact) mass is 427 g/mol. The first-order valence-electron chi connectivity index (χ1n) is 9.86. The summed E-state index contributed by atoms with van der Waals surface area (Å²) in [6.45, 7) is 11.8. The number of nitrogens with one attached hydrogen (secondary N) is 1.